The Kier molecular flexibility index (Phi) is 6.70. The predicted molar refractivity (Wildman–Crippen MR) is 95.4 cm³/mol. The first-order chi connectivity index (χ1) is 11.2. The first-order valence-electron chi connectivity index (χ1n) is 7.65. The first-order valence-corrected chi connectivity index (χ1v) is 8.02. The zero-order valence-electron chi connectivity index (χ0n) is 13.1. The van der Waals surface area contributed by atoms with E-state index in [1.165, 1.54) is 6.08 Å². The van der Waals surface area contributed by atoms with Gasteiger partial charge in [0.05, 0.1) is 6.61 Å². The molecule has 0 radical (unpaired) electrons. The van der Waals surface area contributed by atoms with Crippen LogP contribution in [0.5, 0.6) is 5.75 Å². The molecular weight excluding hydrogens is 310 g/mol. The third-order valence-electron chi connectivity index (χ3n) is 3.23. The van der Waals surface area contributed by atoms with Gasteiger partial charge >= 0.3 is 0 Å². The average molecular weight is 330 g/mol. The van der Waals surface area contributed by atoms with E-state index in [0.717, 1.165) is 24.3 Å². The highest BCUT2D eigenvalue weighted by atomic mass is 35.5. The van der Waals surface area contributed by atoms with E-state index < -0.39 is 0 Å². The van der Waals surface area contributed by atoms with Gasteiger partial charge in [0, 0.05) is 28.5 Å². The number of carbonyl (C=O) groups is 1. The van der Waals surface area contributed by atoms with Gasteiger partial charge in [-0.05, 0) is 55.0 Å². The number of allylic oxidation sites excluding steroid dienone is 1. The molecule has 0 unspecified atom stereocenters. The maximum absolute atomic E-state index is 12.1. The van der Waals surface area contributed by atoms with Crippen molar-refractivity contribution in [3.8, 4) is 5.75 Å². The topological polar surface area (TPSA) is 38.3 Å². The first kappa shape index (κ1) is 17.1. The van der Waals surface area contributed by atoms with E-state index >= 15 is 0 Å². The highest BCUT2D eigenvalue weighted by molar-refractivity contribution is 6.30. The van der Waals surface area contributed by atoms with Gasteiger partial charge in [-0.1, -0.05) is 24.9 Å². The minimum absolute atomic E-state index is 0.0634. The average Bonchev–Trinajstić information content (AvgIpc) is 2.57. The number of halogens is 1. The lowest BCUT2D eigenvalue weighted by Gasteiger charge is -2.05. The van der Waals surface area contributed by atoms with Gasteiger partial charge in [0.2, 0.25) is 0 Å². The van der Waals surface area contributed by atoms with Gasteiger partial charge in [-0.2, -0.15) is 0 Å². The fraction of sp³-hybridized carbons (Fsp3) is 0.211. The van der Waals surface area contributed by atoms with Crippen LogP contribution >= 0.6 is 11.6 Å². The third kappa shape index (κ3) is 5.80. The second kappa shape index (κ2) is 9.01. The van der Waals surface area contributed by atoms with E-state index in [0.29, 0.717) is 17.2 Å². The summed E-state index contributed by atoms with van der Waals surface area (Å²) in [5.74, 6) is 0.727. The Labute approximate surface area is 141 Å². The Morgan fingerprint density at radius 3 is 2.48 bits per heavy atom. The summed E-state index contributed by atoms with van der Waals surface area (Å²) in [6.07, 6.45) is 5.25. The summed E-state index contributed by atoms with van der Waals surface area (Å²) in [5, 5.41) is 3.71. The van der Waals surface area contributed by atoms with Crippen LogP contribution in [0.2, 0.25) is 5.02 Å². The quantitative estimate of drug-likeness (QED) is 0.404. The fourth-order valence-corrected chi connectivity index (χ4v) is 2.03. The minimum atomic E-state index is -0.0634. The van der Waals surface area contributed by atoms with Gasteiger partial charge in [0.15, 0.2) is 5.78 Å². The monoisotopic (exact) mass is 329 g/mol. The smallest absolute Gasteiger partial charge is 0.187 e. The molecule has 0 aliphatic heterocycles. The lowest BCUT2D eigenvalue weighted by atomic mass is 10.1. The number of ether oxygens (including phenoxy) is 1. The largest absolute Gasteiger partial charge is 0.494 e. The molecule has 0 heterocycles. The summed E-state index contributed by atoms with van der Waals surface area (Å²) in [6, 6.07) is 14.5. The highest BCUT2D eigenvalue weighted by Gasteiger charge is 2.02. The van der Waals surface area contributed by atoms with E-state index in [9.17, 15) is 4.79 Å². The number of hydrogen-bond donors (Lipinski definition) is 1. The number of rotatable bonds is 8. The maximum atomic E-state index is 12.1. The van der Waals surface area contributed by atoms with Crippen molar-refractivity contribution in [2.75, 3.05) is 11.9 Å². The number of carbonyl (C=O) groups excluding carboxylic acids is 1. The molecule has 120 valence electrons. The molecule has 4 heteroatoms. The van der Waals surface area contributed by atoms with E-state index in [1.54, 1.807) is 30.5 Å². The summed E-state index contributed by atoms with van der Waals surface area (Å²) in [7, 11) is 0. The van der Waals surface area contributed by atoms with Crippen molar-refractivity contribution < 1.29 is 9.53 Å². The number of nitrogens with one attached hydrogen (secondary N) is 1. The third-order valence-corrected chi connectivity index (χ3v) is 3.49. The van der Waals surface area contributed by atoms with Gasteiger partial charge < -0.3 is 10.1 Å². The lowest BCUT2D eigenvalue weighted by Crippen LogP contribution is -1.99. The Hall–Kier alpha value is -2.26. The van der Waals surface area contributed by atoms with Gasteiger partial charge in [-0.15, -0.1) is 0 Å². The Morgan fingerprint density at radius 1 is 1.13 bits per heavy atom. The van der Waals surface area contributed by atoms with Crippen molar-refractivity contribution in [2.24, 2.45) is 0 Å². The molecule has 2 rings (SSSR count). The van der Waals surface area contributed by atoms with Crippen LogP contribution in [0.25, 0.3) is 0 Å². The van der Waals surface area contributed by atoms with Gasteiger partial charge in [0.25, 0.3) is 0 Å². The summed E-state index contributed by atoms with van der Waals surface area (Å²) < 4.78 is 5.58. The van der Waals surface area contributed by atoms with E-state index in [4.69, 9.17) is 16.3 Å². The molecule has 0 spiro atoms. The highest BCUT2D eigenvalue weighted by Crippen LogP contribution is 2.15. The molecule has 0 fully saturated rings. The lowest BCUT2D eigenvalue weighted by molar-refractivity contribution is 0.104. The Balaban J connectivity index is 1.87. The Morgan fingerprint density at radius 2 is 1.83 bits per heavy atom. The zero-order valence-corrected chi connectivity index (χ0v) is 13.8. The van der Waals surface area contributed by atoms with Crippen LogP contribution in [-0.2, 0) is 0 Å². The van der Waals surface area contributed by atoms with Crippen molar-refractivity contribution >= 4 is 23.1 Å². The van der Waals surface area contributed by atoms with Crippen LogP contribution in [0, 0.1) is 0 Å². The standard InChI is InChI=1S/C19H20ClNO2/c1-2-3-14-23-18-10-4-15(5-11-18)19(22)12-13-21-17-8-6-16(20)7-9-17/h4-13,21H,2-3,14H2,1H3/b13-12+. The molecule has 0 atom stereocenters. The SMILES string of the molecule is CCCCOc1ccc(C(=O)/C=C/Nc2ccc(Cl)cc2)cc1. The second-order valence-electron chi connectivity index (χ2n) is 5.08. The van der Waals surface area contributed by atoms with Crippen molar-refractivity contribution in [3.63, 3.8) is 0 Å². The Bertz CT molecular complexity index is 648. The van der Waals surface area contributed by atoms with Crippen LogP contribution in [0.1, 0.15) is 30.1 Å². The molecule has 1 N–H and O–H groups in total. The number of anilines is 1. The number of benzene rings is 2. The van der Waals surface area contributed by atoms with Crippen LogP contribution in [0.4, 0.5) is 5.69 Å². The van der Waals surface area contributed by atoms with Crippen LogP contribution in [0.15, 0.2) is 60.8 Å². The summed E-state index contributed by atoms with van der Waals surface area (Å²) in [4.78, 5) is 12.1. The molecule has 3 nitrogen and oxygen atoms in total. The van der Waals surface area contributed by atoms with Crippen molar-refractivity contribution in [1.29, 1.82) is 0 Å². The van der Waals surface area contributed by atoms with Crippen molar-refractivity contribution in [3.05, 3.63) is 71.4 Å². The van der Waals surface area contributed by atoms with Gasteiger partial charge in [-0.3, -0.25) is 4.79 Å². The maximum Gasteiger partial charge on any atom is 0.187 e. The fourth-order valence-electron chi connectivity index (χ4n) is 1.91. The van der Waals surface area contributed by atoms with Crippen LogP contribution < -0.4 is 10.1 Å². The molecule has 0 aromatic heterocycles. The van der Waals surface area contributed by atoms with E-state index in [1.807, 2.05) is 24.3 Å². The van der Waals surface area contributed by atoms with Crippen LogP contribution in [-0.4, -0.2) is 12.4 Å². The minimum Gasteiger partial charge on any atom is -0.494 e. The van der Waals surface area contributed by atoms with Gasteiger partial charge in [0.1, 0.15) is 5.75 Å². The van der Waals surface area contributed by atoms with Gasteiger partial charge in [-0.25, -0.2) is 0 Å². The van der Waals surface area contributed by atoms with E-state index in [-0.39, 0.29) is 5.78 Å². The molecule has 0 saturated heterocycles. The molecular formula is C19H20ClNO2. The molecule has 23 heavy (non-hydrogen) atoms. The summed E-state index contributed by atoms with van der Waals surface area (Å²) in [6.45, 7) is 2.82. The second-order valence-corrected chi connectivity index (χ2v) is 5.51. The zero-order chi connectivity index (χ0) is 16.5. The molecule has 0 saturated carbocycles. The summed E-state index contributed by atoms with van der Waals surface area (Å²) >= 11 is 5.82. The van der Waals surface area contributed by atoms with Crippen molar-refractivity contribution in [2.45, 2.75) is 19.8 Å². The normalized spacial score (nSPS) is 10.7. The van der Waals surface area contributed by atoms with E-state index in [2.05, 4.69) is 12.2 Å². The molecule has 2 aromatic carbocycles. The molecule has 0 amide bonds. The molecule has 0 aliphatic rings. The number of unbranched alkanes of at least 4 members (excludes halogenated alkanes) is 1. The predicted octanol–water partition coefficient (Wildman–Crippen LogP) is 5.33. The number of ketones is 1. The van der Waals surface area contributed by atoms with Crippen molar-refractivity contribution in [1.82, 2.24) is 0 Å². The number of hydrogen-bond acceptors (Lipinski definition) is 3. The van der Waals surface area contributed by atoms with Crippen LogP contribution in [0.3, 0.4) is 0 Å². The molecule has 0 aliphatic carbocycles. The molecule has 0 bridgehead atoms. The summed E-state index contributed by atoms with van der Waals surface area (Å²) in [5.41, 5.74) is 1.50. The molecule has 2 aromatic rings.